The van der Waals surface area contributed by atoms with Crippen molar-refractivity contribution < 1.29 is 9.53 Å². The van der Waals surface area contributed by atoms with Gasteiger partial charge in [0.1, 0.15) is 0 Å². The fourth-order valence-electron chi connectivity index (χ4n) is 1.99. The Morgan fingerprint density at radius 3 is 3.00 bits per heavy atom. The number of carbonyl (C=O) groups is 1. The van der Waals surface area contributed by atoms with Crippen LogP contribution < -0.4 is 10.1 Å². The summed E-state index contributed by atoms with van der Waals surface area (Å²) in [5.41, 5.74) is 0. The van der Waals surface area contributed by atoms with Crippen molar-refractivity contribution in [3.63, 3.8) is 0 Å². The van der Waals surface area contributed by atoms with Crippen molar-refractivity contribution in [2.24, 2.45) is 0 Å². The molecule has 18 heavy (non-hydrogen) atoms. The molecule has 1 aliphatic rings. The van der Waals surface area contributed by atoms with Crippen LogP contribution in [0, 0.1) is 0 Å². The third-order valence-corrected chi connectivity index (χ3v) is 2.95. The average Bonchev–Trinajstić information content (AvgIpc) is 2.85. The predicted molar refractivity (Wildman–Crippen MR) is 67.5 cm³/mol. The molecule has 2 heterocycles. The molecule has 1 saturated heterocycles. The Hall–Kier alpha value is -1.56. The highest BCUT2D eigenvalue weighted by Gasteiger charge is 2.15. The zero-order chi connectivity index (χ0) is 12.8. The van der Waals surface area contributed by atoms with E-state index >= 15 is 0 Å². The van der Waals surface area contributed by atoms with Gasteiger partial charge in [-0.15, -0.1) is 0 Å². The van der Waals surface area contributed by atoms with Crippen LogP contribution in [0.15, 0.2) is 12.4 Å². The van der Waals surface area contributed by atoms with Crippen molar-refractivity contribution in [2.75, 3.05) is 32.8 Å². The second-order valence-electron chi connectivity index (χ2n) is 4.25. The molecule has 6 nitrogen and oxygen atoms in total. The molecule has 1 fully saturated rings. The Morgan fingerprint density at radius 2 is 2.28 bits per heavy atom. The van der Waals surface area contributed by atoms with Crippen LogP contribution in [0.3, 0.4) is 0 Å². The molecule has 1 aliphatic heterocycles. The minimum atomic E-state index is 0.199. The minimum absolute atomic E-state index is 0.199. The minimum Gasteiger partial charge on any atom is -0.491 e. The Balaban J connectivity index is 1.77. The van der Waals surface area contributed by atoms with Crippen LogP contribution in [-0.4, -0.2) is 53.4 Å². The van der Waals surface area contributed by atoms with Gasteiger partial charge in [0.25, 0.3) is 0 Å². The molecule has 0 aliphatic carbocycles. The van der Waals surface area contributed by atoms with E-state index in [4.69, 9.17) is 4.74 Å². The van der Waals surface area contributed by atoms with Gasteiger partial charge in [0.15, 0.2) is 5.75 Å². The number of hydrogen-bond donors (Lipinski definition) is 1. The summed E-state index contributed by atoms with van der Waals surface area (Å²) >= 11 is 0. The van der Waals surface area contributed by atoms with Gasteiger partial charge >= 0.3 is 0 Å². The van der Waals surface area contributed by atoms with E-state index in [1.807, 2.05) is 18.0 Å². The fraction of sp³-hybridized carbons (Fsp3) is 0.667. The maximum atomic E-state index is 11.9. The van der Waals surface area contributed by atoms with E-state index in [0.29, 0.717) is 19.6 Å². The summed E-state index contributed by atoms with van der Waals surface area (Å²) < 4.78 is 7.08. The number of carbonyl (C=O) groups excluding carboxylic acids is 1. The lowest BCUT2D eigenvalue weighted by Crippen LogP contribution is -2.46. The normalized spacial score (nSPS) is 15.7. The van der Waals surface area contributed by atoms with Gasteiger partial charge in [-0.05, 0) is 6.92 Å². The zero-order valence-corrected chi connectivity index (χ0v) is 10.8. The van der Waals surface area contributed by atoms with Crippen LogP contribution in [-0.2, 0) is 11.3 Å². The van der Waals surface area contributed by atoms with Gasteiger partial charge in [0, 0.05) is 39.1 Å². The molecule has 6 heteroatoms. The van der Waals surface area contributed by atoms with Gasteiger partial charge in [-0.25, -0.2) is 0 Å². The Kier molecular flexibility index (Phi) is 4.58. The van der Waals surface area contributed by atoms with E-state index in [0.717, 1.165) is 31.9 Å². The Bertz CT molecular complexity index is 385. The number of amides is 1. The molecule has 2 rings (SSSR count). The highest BCUT2D eigenvalue weighted by Crippen LogP contribution is 2.08. The third kappa shape index (κ3) is 3.46. The molecule has 1 amide bonds. The number of aromatic nitrogens is 2. The SMILES string of the molecule is CCOc1cnn(CCC(=O)N2CCNCC2)c1. The Labute approximate surface area is 107 Å². The van der Waals surface area contributed by atoms with Crippen LogP contribution in [0.5, 0.6) is 5.75 Å². The quantitative estimate of drug-likeness (QED) is 0.807. The van der Waals surface area contributed by atoms with Crippen molar-refractivity contribution in [1.82, 2.24) is 20.0 Å². The zero-order valence-electron chi connectivity index (χ0n) is 10.8. The lowest BCUT2D eigenvalue weighted by Gasteiger charge is -2.27. The number of aryl methyl sites for hydroxylation is 1. The van der Waals surface area contributed by atoms with Crippen LogP contribution in [0.2, 0.25) is 0 Å². The summed E-state index contributed by atoms with van der Waals surface area (Å²) in [6.07, 6.45) is 4.00. The second kappa shape index (κ2) is 6.39. The number of hydrogen-bond acceptors (Lipinski definition) is 4. The molecule has 1 aromatic heterocycles. The van der Waals surface area contributed by atoms with E-state index in [-0.39, 0.29) is 5.91 Å². The van der Waals surface area contributed by atoms with Crippen molar-refractivity contribution in [2.45, 2.75) is 19.9 Å². The second-order valence-corrected chi connectivity index (χ2v) is 4.25. The molecule has 100 valence electrons. The van der Waals surface area contributed by atoms with Gasteiger partial charge in [-0.3, -0.25) is 9.48 Å². The molecule has 0 radical (unpaired) electrons. The molecule has 0 unspecified atom stereocenters. The first kappa shape index (κ1) is 12.9. The van der Waals surface area contributed by atoms with Gasteiger partial charge < -0.3 is 15.0 Å². The van der Waals surface area contributed by atoms with E-state index < -0.39 is 0 Å². The summed E-state index contributed by atoms with van der Waals surface area (Å²) in [5, 5.41) is 7.39. The lowest BCUT2D eigenvalue weighted by molar-refractivity contribution is -0.132. The number of rotatable bonds is 5. The summed E-state index contributed by atoms with van der Waals surface area (Å²) in [6, 6.07) is 0. The average molecular weight is 252 g/mol. The lowest BCUT2D eigenvalue weighted by atomic mass is 10.3. The first-order valence-corrected chi connectivity index (χ1v) is 6.43. The highest BCUT2D eigenvalue weighted by atomic mass is 16.5. The maximum Gasteiger partial charge on any atom is 0.224 e. The standard InChI is InChI=1S/C12H20N4O2/c1-2-18-11-9-14-16(10-11)6-3-12(17)15-7-4-13-5-8-15/h9-10,13H,2-8H2,1H3. The molecule has 0 saturated carbocycles. The molecule has 0 atom stereocenters. The maximum absolute atomic E-state index is 11.9. The molecule has 0 spiro atoms. The van der Waals surface area contributed by atoms with Crippen molar-refractivity contribution in [1.29, 1.82) is 0 Å². The molecule has 1 N–H and O–H groups in total. The van der Waals surface area contributed by atoms with Gasteiger partial charge in [0.05, 0.1) is 19.0 Å². The fourth-order valence-corrected chi connectivity index (χ4v) is 1.99. The van der Waals surface area contributed by atoms with Crippen molar-refractivity contribution in [3.05, 3.63) is 12.4 Å². The number of nitrogens with zero attached hydrogens (tertiary/aromatic N) is 3. The number of nitrogens with one attached hydrogen (secondary N) is 1. The largest absolute Gasteiger partial charge is 0.491 e. The van der Waals surface area contributed by atoms with E-state index in [9.17, 15) is 4.79 Å². The molecular weight excluding hydrogens is 232 g/mol. The first-order chi connectivity index (χ1) is 8.79. The van der Waals surface area contributed by atoms with E-state index in [2.05, 4.69) is 10.4 Å². The van der Waals surface area contributed by atoms with Crippen LogP contribution in [0.1, 0.15) is 13.3 Å². The van der Waals surface area contributed by atoms with E-state index in [1.54, 1.807) is 10.9 Å². The van der Waals surface area contributed by atoms with Crippen molar-refractivity contribution >= 4 is 5.91 Å². The summed E-state index contributed by atoms with van der Waals surface area (Å²) in [4.78, 5) is 13.8. The van der Waals surface area contributed by atoms with Crippen LogP contribution >= 0.6 is 0 Å². The molecular formula is C12H20N4O2. The smallest absolute Gasteiger partial charge is 0.224 e. The van der Waals surface area contributed by atoms with Crippen LogP contribution in [0.25, 0.3) is 0 Å². The first-order valence-electron chi connectivity index (χ1n) is 6.43. The highest BCUT2D eigenvalue weighted by molar-refractivity contribution is 5.76. The topological polar surface area (TPSA) is 59.4 Å². The predicted octanol–water partition coefficient (Wildman–Crippen LogP) is 0.104. The third-order valence-electron chi connectivity index (χ3n) is 2.95. The Morgan fingerprint density at radius 1 is 1.50 bits per heavy atom. The van der Waals surface area contributed by atoms with E-state index in [1.165, 1.54) is 0 Å². The summed E-state index contributed by atoms with van der Waals surface area (Å²) in [5.74, 6) is 0.956. The van der Waals surface area contributed by atoms with Gasteiger partial charge in [-0.2, -0.15) is 5.10 Å². The number of ether oxygens (including phenoxy) is 1. The van der Waals surface area contributed by atoms with Crippen LogP contribution in [0.4, 0.5) is 0 Å². The number of piperazine rings is 1. The van der Waals surface area contributed by atoms with Gasteiger partial charge in [0.2, 0.25) is 5.91 Å². The van der Waals surface area contributed by atoms with Gasteiger partial charge in [-0.1, -0.05) is 0 Å². The monoisotopic (exact) mass is 252 g/mol. The molecule has 1 aromatic rings. The molecule has 0 aromatic carbocycles. The summed E-state index contributed by atoms with van der Waals surface area (Å²) in [6.45, 7) is 6.57. The van der Waals surface area contributed by atoms with Crippen molar-refractivity contribution in [3.8, 4) is 5.75 Å². The summed E-state index contributed by atoms with van der Waals surface area (Å²) in [7, 11) is 0. The molecule has 0 bridgehead atoms.